The van der Waals surface area contributed by atoms with Gasteiger partial charge in [-0.25, -0.2) is 8.78 Å². The van der Waals surface area contributed by atoms with Crippen LogP contribution in [0.5, 0.6) is 11.5 Å². The molecule has 0 unspecified atom stereocenters. The Balaban J connectivity index is 2.25. The number of rotatable bonds is 3. The zero-order chi connectivity index (χ0) is 14.0. The van der Waals surface area contributed by atoms with Crippen LogP contribution in [0.1, 0.15) is 18.5 Å². The van der Waals surface area contributed by atoms with Gasteiger partial charge >= 0.3 is 0 Å². The number of ether oxygens (including phenoxy) is 1. The molecule has 2 aromatic rings. The molecule has 0 saturated carbocycles. The molecule has 5 heteroatoms. The Kier molecular flexibility index (Phi) is 4.17. The minimum atomic E-state index is -0.944. The van der Waals surface area contributed by atoms with Crippen LogP contribution in [0.2, 0.25) is 0 Å². The Morgan fingerprint density at radius 1 is 1.11 bits per heavy atom. The second kappa shape index (κ2) is 5.67. The molecule has 0 fully saturated rings. The average molecular weight is 328 g/mol. The van der Waals surface area contributed by atoms with Crippen molar-refractivity contribution in [2.75, 3.05) is 0 Å². The first-order valence-corrected chi connectivity index (χ1v) is 6.44. The van der Waals surface area contributed by atoms with Crippen molar-refractivity contribution < 1.29 is 13.5 Å². The first-order chi connectivity index (χ1) is 8.97. The minimum Gasteiger partial charge on any atom is -0.456 e. The predicted octanol–water partition coefficient (Wildman–Crippen LogP) is 4.54. The topological polar surface area (TPSA) is 35.2 Å². The highest BCUT2D eigenvalue weighted by atomic mass is 79.9. The van der Waals surface area contributed by atoms with E-state index in [-0.39, 0.29) is 11.8 Å². The Morgan fingerprint density at radius 2 is 1.84 bits per heavy atom. The lowest BCUT2D eigenvalue weighted by Crippen LogP contribution is -2.04. The average Bonchev–Trinajstić information content (AvgIpc) is 2.36. The maximum absolute atomic E-state index is 13.1. The number of hydrogen-bond acceptors (Lipinski definition) is 2. The quantitative estimate of drug-likeness (QED) is 0.898. The van der Waals surface area contributed by atoms with E-state index in [9.17, 15) is 8.78 Å². The summed E-state index contributed by atoms with van der Waals surface area (Å²) < 4.78 is 32.1. The monoisotopic (exact) mass is 327 g/mol. The third-order valence-corrected chi connectivity index (χ3v) is 3.22. The number of hydrogen-bond donors (Lipinski definition) is 1. The third-order valence-electron chi connectivity index (χ3n) is 2.60. The highest BCUT2D eigenvalue weighted by Gasteiger charge is 2.08. The molecule has 0 saturated heterocycles. The van der Waals surface area contributed by atoms with Gasteiger partial charge in [-0.05, 0) is 52.7 Å². The maximum atomic E-state index is 13.1. The fourth-order valence-electron chi connectivity index (χ4n) is 1.55. The molecule has 1 atom stereocenters. The Labute approximate surface area is 118 Å². The van der Waals surface area contributed by atoms with Crippen molar-refractivity contribution in [3.63, 3.8) is 0 Å². The highest BCUT2D eigenvalue weighted by Crippen LogP contribution is 2.32. The van der Waals surface area contributed by atoms with Crippen molar-refractivity contribution >= 4 is 15.9 Å². The second-order valence-corrected chi connectivity index (χ2v) is 5.01. The molecule has 0 amide bonds. The van der Waals surface area contributed by atoms with Crippen LogP contribution in [-0.4, -0.2) is 0 Å². The Morgan fingerprint density at radius 3 is 2.42 bits per heavy atom. The highest BCUT2D eigenvalue weighted by molar-refractivity contribution is 9.10. The standard InChI is InChI=1S/C14H12BrF2NO/c1-8(18)9-2-5-14(11(15)6-9)19-10-3-4-12(16)13(17)7-10/h2-8H,18H2,1H3/t8-/m1/s1. The lowest BCUT2D eigenvalue weighted by molar-refractivity contribution is 0.459. The van der Waals surface area contributed by atoms with E-state index in [1.165, 1.54) is 6.07 Å². The van der Waals surface area contributed by atoms with Crippen LogP contribution >= 0.6 is 15.9 Å². The molecular weight excluding hydrogens is 316 g/mol. The fraction of sp³-hybridized carbons (Fsp3) is 0.143. The summed E-state index contributed by atoms with van der Waals surface area (Å²) in [7, 11) is 0. The lowest BCUT2D eigenvalue weighted by Gasteiger charge is -2.11. The van der Waals surface area contributed by atoms with Crippen molar-refractivity contribution in [1.29, 1.82) is 0 Å². The summed E-state index contributed by atoms with van der Waals surface area (Å²) in [5.74, 6) is -1.11. The third kappa shape index (κ3) is 3.30. The second-order valence-electron chi connectivity index (χ2n) is 4.16. The zero-order valence-electron chi connectivity index (χ0n) is 10.2. The van der Waals surface area contributed by atoms with Gasteiger partial charge in [0.05, 0.1) is 4.47 Å². The van der Waals surface area contributed by atoms with E-state index in [4.69, 9.17) is 10.5 Å². The van der Waals surface area contributed by atoms with Crippen molar-refractivity contribution in [3.8, 4) is 11.5 Å². The first kappa shape index (κ1) is 14.0. The molecule has 2 rings (SSSR count). The van der Waals surface area contributed by atoms with Crippen molar-refractivity contribution in [2.45, 2.75) is 13.0 Å². The molecule has 100 valence electrons. The van der Waals surface area contributed by atoms with Gasteiger partial charge in [0.15, 0.2) is 11.6 Å². The van der Waals surface area contributed by atoms with Gasteiger partial charge in [0.2, 0.25) is 0 Å². The molecule has 2 N–H and O–H groups in total. The molecule has 0 spiro atoms. The minimum absolute atomic E-state index is 0.0892. The zero-order valence-corrected chi connectivity index (χ0v) is 11.7. The summed E-state index contributed by atoms with van der Waals surface area (Å²) in [5.41, 5.74) is 6.72. The van der Waals surface area contributed by atoms with Gasteiger partial charge in [-0.2, -0.15) is 0 Å². The van der Waals surface area contributed by atoms with E-state index in [1.54, 1.807) is 6.07 Å². The van der Waals surface area contributed by atoms with Crippen LogP contribution in [0.15, 0.2) is 40.9 Å². The van der Waals surface area contributed by atoms with E-state index in [2.05, 4.69) is 15.9 Å². The van der Waals surface area contributed by atoms with E-state index in [1.807, 2.05) is 19.1 Å². The lowest BCUT2D eigenvalue weighted by atomic mass is 10.1. The first-order valence-electron chi connectivity index (χ1n) is 5.65. The van der Waals surface area contributed by atoms with Gasteiger partial charge in [-0.3, -0.25) is 0 Å². The van der Waals surface area contributed by atoms with E-state index in [0.717, 1.165) is 17.7 Å². The normalized spacial score (nSPS) is 12.3. The van der Waals surface area contributed by atoms with Crippen LogP contribution < -0.4 is 10.5 Å². The van der Waals surface area contributed by atoms with Gasteiger partial charge in [-0.15, -0.1) is 0 Å². The smallest absolute Gasteiger partial charge is 0.162 e. The number of benzene rings is 2. The molecular formula is C14H12BrF2NO. The molecule has 19 heavy (non-hydrogen) atoms. The van der Waals surface area contributed by atoms with Gasteiger partial charge in [0.25, 0.3) is 0 Å². The maximum Gasteiger partial charge on any atom is 0.162 e. The molecule has 0 heterocycles. The summed E-state index contributed by atoms with van der Waals surface area (Å²) in [5, 5.41) is 0. The molecule has 0 aliphatic heterocycles. The SMILES string of the molecule is C[C@@H](N)c1ccc(Oc2ccc(F)c(F)c2)c(Br)c1. The van der Waals surface area contributed by atoms with Crippen LogP contribution in [0.25, 0.3) is 0 Å². The van der Waals surface area contributed by atoms with Crippen LogP contribution in [-0.2, 0) is 0 Å². The molecule has 0 aliphatic carbocycles. The van der Waals surface area contributed by atoms with Gasteiger partial charge in [-0.1, -0.05) is 6.07 Å². The van der Waals surface area contributed by atoms with Crippen LogP contribution in [0.4, 0.5) is 8.78 Å². The summed E-state index contributed by atoms with van der Waals surface area (Å²) in [6.07, 6.45) is 0. The summed E-state index contributed by atoms with van der Waals surface area (Å²) in [4.78, 5) is 0. The summed E-state index contributed by atoms with van der Waals surface area (Å²) in [6, 6.07) is 8.68. The molecule has 0 bridgehead atoms. The molecule has 0 radical (unpaired) electrons. The van der Waals surface area contributed by atoms with E-state index < -0.39 is 11.6 Å². The Hall–Kier alpha value is -1.46. The molecule has 2 aromatic carbocycles. The van der Waals surface area contributed by atoms with Crippen molar-refractivity contribution in [3.05, 3.63) is 58.1 Å². The van der Waals surface area contributed by atoms with Crippen molar-refractivity contribution in [1.82, 2.24) is 0 Å². The predicted molar refractivity (Wildman–Crippen MR) is 73.2 cm³/mol. The summed E-state index contributed by atoms with van der Waals surface area (Å²) in [6.45, 7) is 1.87. The molecule has 0 aromatic heterocycles. The molecule has 2 nitrogen and oxygen atoms in total. The van der Waals surface area contributed by atoms with E-state index in [0.29, 0.717) is 10.2 Å². The molecule has 0 aliphatic rings. The van der Waals surface area contributed by atoms with Gasteiger partial charge < -0.3 is 10.5 Å². The number of halogens is 3. The number of nitrogens with two attached hydrogens (primary N) is 1. The fourth-order valence-corrected chi connectivity index (χ4v) is 2.03. The van der Waals surface area contributed by atoms with Gasteiger partial charge in [0, 0.05) is 12.1 Å². The van der Waals surface area contributed by atoms with Crippen LogP contribution in [0, 0.1) is 11.6 Å². The van der Waals surface area contributed by atoms with E-state index >= 15 is 0 Å². The van der Waals surface area contributed by atoms with Crippen molar-refractivity contribution in [2.24, 2.45) is 5.73 Å². The Bertz CT molecular complexity index is 602. The van der Waals surface area contributed by atoms with Crippen LogP contribution in [0.3, 0.4) is 0 Å². The summed E-state index contributed by atoms with van der Waals surface area (Å²) >= 11 is 3.36. The van der Waals surface area contributed by atoms with Gasteiger partial charge in [0.1, 0.15) is 11.5 Å². The largest absolute Gasteiger partial charge is 0.456 e.